The average Bonchev–Trinajstić information content (AvgIpc) is 2.18. The van der Waals surface area contributed by atoms with Crippen LogP contribution in [-0.2, 0) is 12.8 Å². The second kappa shape index (κ2) is 5.74. The van der Waals surface area contributed by atoms with E-state index in [0.717, 1.165) is 18.7 Å². The van der Waals surface area contributed by atoms with Crippen LogP contribution >= 0.6 is 0 Å². The number of anilines is 1. The smallest absolute Gasteiger partial charge is 0.131 e. The quantitative estimate of drug-likeness (QED) is 0.736. The summed E-state index contributed by atoms with van der Waals surface area (Å²) in [7, 11) is 4.11. The molecule has 0 saturated heterocycles. The lowest BCUT2D eigenvalue weighted by atomic mass is 10.1. The molecule has 0 bridgehead atoms. The van der Waals surface area contributed by atoms with Gasteiger partial charge in [-0.15, -0.1) is 0 Å². The Balaban J connectivity index is 2.97. The first-order valence-electron chi connectivity index (χ1n) is 5.84. The molecule has 2 heteroatoms. The van der Waals surface area contributed by atoms with Crippen molar-refractivity contribution < 1.29 is 0 Å². The molecule has 2 nitrogen and oxygen atoms in total. The first-order chi connectivity index (χ1) is 7.19. The largest absolute Gasteiger partial charge is 0.363 e. The number of aryl methyl sites for hydroxylation is 2. The van der Waals surface area contributed by atoms with Gasteiger partial charge < -0.3 is 4.90 Å². The zero-order valence-corrected chi connectivity index (χ0v) is 10.4. The van der Waals surface area contributed by atoms with Gasteiger partial charge in [-0.05, 0) is 24.0 Å². The second-order valence-corrected chi connectivity index (χ2v) is 4.22. The summed E-state index contributed by atoms with van der Waals surface area (Å²) in [5, 5.41) is 0. The molecule has 1 heterocycles. The fraction of sp³-hybridized carbons (Fsp3) is 0.615. The van der Waals surface area contributed by atoms with Gasteiger partial charge in [0, 0.05) is 20.3 Å². The van der Waals surface area contributed by atoms with Crippen molar-refractivity contribution in [2.75, 3.05) is 19.0 Å². The average molecular weight is 206 g/mol. The summed E-state index contributed by atoms with van der Waals surface area (Å²) >= 11 is 0. The maximum atomic E-state index is 4.54. The maximum absolute atomic E-state index is 4.54. The van der Waals surface area contributed by atoms with E-state index in [9.17, 15) is 0 Å². The van der Waals surface area contributed by atoms with Crippen LogP contribution in [0.3, 0.4) is 0 Å². The molecule has 0 aromatic carbocycles. The Morgan fingerprint density at radius 3 is 2.33 bits per heavy atom. The van der Waals surface area contributed by atoms with Crippen LogP contribution in [-0.4, -0.2) is 19.1 Å². The van der Waals surface area contributed by atoms with Gasteiger partial charge in [-0.2, -0.15) is 0 Å². The molecule has 0 aliphatic heterocycles. The van der Waals surface area contributed by atoms with Crippen molar-refractivity contribution >= 4 is 5.82 Å². The topological polar surface area (TPSA) is 16.1 Å². The Labute approximate surface area is 93.3 Å². The molecule has 0 radical (unpaired) electrons. The lowest BCUT2D eigenvalue weighted by Crippen LogP contribution is -2.13. The van der Waals surface area contributed by atoms with Crippen molar-refractivity contribution in [3.8, 4) is 0 Å². The first kappa shape index (κ1) is 12.0. The summed E-state index contributed by atoms with van der Waals surface area (Å²) in [4.78, 5) is 6.64. The van der Waals surface area contributed by atoms with Gasteiger partial charge in [-0.1, -0.05) is 32.8 Å². The van der Waals surface area contributed by atoms with Crippen molar-refractivity contribution in [1.82, 2.24) is 4.98 Å². The number of hydrogen-bond donors (Lipinski definition) is 0. The van der Waals surface area contributed by atoms with Crippen LogP contribution < -0.4 is 4.90 Å². The third-order valence-corrected chi connectivity index (χ3v) is 2.48. The first-order valence-corrected chi connectivity index (χ1v) is 5.84. The molecule has 1 aromatic rings. The summed E-state index contributed by atoms with van der Waals surface area (Å²) in [5.74, 6) is 1.12. The van der Waals surface area contributed by atoms with Gasteiger partial charge in [0.25, 0.3) is 0 Å². The van der Waals surface area contributed by atoms with E-state index in [1.54, 1.807) is 0 Å². The molecule has 0 spiro atoms. The molecule has 15 heavy (non-hydrogen) atoms. The Hall–Kier alpha value is -1.05. The number of pyridine rings is 1. The van der Waals surface area contributed by atoms with Crippen molar-refractivity contribution in [2.24, 2.45) is 0 Å². The highest BCUT2D eigenvalue weighted by atomic mass is 15.1. The molecule has 0 aliphatic rings. The second-order valence-electron chi connectivity index (χ2n) is 4.22. The maximum Gasteiger partial charge on any atom is 0.131 e. The highest BCUT2D eigenvalue weighted by Crippen LogP contribution is 2.19. The predicted molar refractivity (Wildman–Crippen MR) is 66.6 cm³/mol. The molecule has 1 rings (SSSR count). The molecule has 0 saturated carbocycles. The van der Waals surface area contributed by atoms with Crippen LogP contribution in [0.1, 0.15) is 37.8 Å². The van der Waals surface area contributed by atoms with Crippen LogP contribution in [0.5, 0.6) is 0 Å². The summed E-state index contributed by atoms with van der Waals surface area (Å²) in [5.41, 5.74) is 2.75. The van der Waals surface area contributed by atoms with Gasteiger partial charge in [0.2, 0.25) is 0 Å². The van der Waals surface area contributed by atoms with Gasteiger partial charge in [-0.3, -0.25) is 0 Å². The predicted octanol–water partition coefficient (Wildman–Crippen LogP) is 3.05. The Bertz CT molecular complexity index is 305. The summed E-state index contributed by atoms with van der Waals surface area (Å²) in [6.07, 6.45) is 6.64. The number of aromatic nitrogens is 1. The van der Waals surface area contributed by atoms with Crippen molar-refractivity contribution in [3.63, 3.8) is 0 Å². The van der Waals surface area contributed by atoms with Gasteiger partial charge in [0.1, 0.15) is 5.82 Å². The van der Waals surface area contributed by atoms with E-state index in [2.05, 4.69) is 43.9 Å². The highest BCUT2D eigenvalue weighted by Gasteiger charge is 2.06. The van der Waals surface area contributed by atoms with Crippen LogP contribution in [0.15, 0.2) is 12.3 Å². The Morgan fingerprint density at radius 1 is 1.13 bits per heavy atom. The van der Waals surface area contributed by atoms with Crippen LogP contribution in [0.25, 0.3) is 0 Å². The molecule has 84 valence electrons. The normalized spacial score (nSPS) is 10.4. The van der Waals surface area contributed by atoms with Gasteiger partial charge in [-0.25, -0.2) is 4.98 Å². The van der Waals surface area contributed by atoms with Crippen LogP contribution in [0.2, 0.25) is 0 Å². The zero-order chi connectivity index (χ0) is 11.3. The molecule has 0 unspecified atom stereocenters. The Morgan fingerprint density at radius 2 is 1.80 bits per heavy atom. The molecule has 0 atom stereocenters. The molecular formula is C13H22N2. The van der Waals surface area contributed by atoms with E-state index in [4.69, 9.17) is 0 Å². The van der Waals surface area contributed by atoms with E-state index in [1.807, 2.05) is 6.20 Å². The van der Waals surface area contributed by atoms with Gasteiger partial charge >= 0.3 is 0 Å². The number of rotatable bonds is 5. The molecule has 0 N–H and O–H groups in total. The SMILES string of the molecule is CCCc1cnc(N(C)C)c(CCC)c1. The van der Waals surface area contributed by atoms with E-state index in [-0.39, 0.29) is 0 Å². The molecule has 1 aromatic heterocycles. The molecular weight excluding hydrogens is 184 g/mol. The van der Waals surface area contributed by atoms with Crippen molar-refractivity contribution in [1.29, 1.82) is 0 Å². The number of hydrogen-bond acceptors (Lipinski definition) is 2. The van der Waals surface area contributed by atoms with Crippen LogP contribution in [0, 0.1) is 0 Å². The number of nitrogens with zero attached hydrogens (tertiary/aromatic N) is 2. The molecule has 0 amide bonds. The standard InChI is InChI=1S/C13H22N2/c1-5-7-11-9-12(8-6-2)13(14-10-11)15(3)4/h9-10H,5-8H2,1-4H3. The summed E-state index contributed by atoms with van der Waals surface area (Å²) in [6, 6.07) is 2.31. The van der Waals surface area contributed by atoms with Crippen molar-refractivity contribution in [3.05, 3.63) is 23.4 Å². The summed E-state index contributed by atoms with van der Waals surface area (Å²) in [6.45, 7) is 4.42. The Kier molecular flexibility index (Phi) is 4.60. The third-order valence-electron chi connectivity index (χ3n) is 2.48. The fourth-order valence-corrected chi connectivity index (χ4v) is 1.83. The molecule has 0 aliphatic carbocycles. The minimum absolute atomic E-state index is 1.12. The lowest BCUT2D eigenvalue weighted by molar-refractivity contribution is 0.871. The minimum Gasteiger partial charge on any atom is -0.363 e. The third kappa shape index (κ3) is 3.22. The lowest BCUT2D eigenvalue weighted by Gasteiger charge is -2.16. The fourth-order valence-electron chi connectivity index (χ4n) is 1.83. The van der Waals surface area contributed by atoms with Gasteiger partial charge in [0.15, 0.2) is 0 Å². The van der Waals surface area contributed by atoms with Crippen molar-refractivity contribution in [2.45, 2.75) is 39.5 Å². The van der Waals surface area contributed by atoms with E-state index >= 15 is 0 Å². The summed E-state index contributed by atoms with van der Waals surface area (Å²) < 4.78 is 0. The van der Waals surface area contributed by atoms with E-state index in [0.29, 0.717) is 0 Å². The zero-order valence-electron chi connectivity index (χ0n) is 10.4. The van der Waals surface area contributed by atoms with E-state index in [1.165, 1.54) is 24.0 Å². The van der Waals surface area contributed by atoms with Gasteiger partial charge in [0.05, 0.1) is 0 Å². The minimum atomic E-state index is 1.12. The monoisotopic (exact) mass is 206 g/mol. The molecule has 0 fully saturated rings. The highest BCUT2D eigenvalue weighted by molar-refractivity contribution is 5.47. The van der Waals surface area contributed by atoms with E-state index < -0.39 is 0 Å². The van der Waals surface area contributed by atoms with Crippen LogP contribution in [0.4, 0.5) is 5.82 Å².